The largest absolute Gasteiger partial charge is 0.324 e. The second kappa shape index (κ2) is 6.08. The monoisotopic (exact) mass is 290 g/mol. The molecule has 1 spiro atoms. The molecule has 0 radical (unpaired) electrons. The van der Waals surface area contributed by atoms with Crippen molar-refractivity contribution in [3.63, 3.8) is 0 Å². The van der Waals surface area contributed by atoms with Crippen LogP contribution < -0.4 is 5.32 Å². The molecule has 5 heteroatoms. The first kappa shape index (κ1) is 14.4. The molecule has 1 aliphatic heterocycles. The van der Waals surface area contributed by atoms with Crippen LogP contribution in [-0.2, 0) is 7.05 Å². The smallest absolute Gasteiger partial charge is 0.321 e. The van der Waals surface area contributed by atoms with Gasteiger partial charge in [0.25, 0.3) is 0 Å². The highest BCUT2D eigenvalue weighted by molar-refractivity contribution is 5.89. The maximum Gasteiger partial charge on any atom is 0.321 e. The Kier molecular flexibility index (Phi) is 4.17. The van der Waals surface area contributed by atoms with Gasteiger partial charge in [0.1, 0.15) is 0 Å². The molecule has 3 rings (SSSR count). The molecule has 1 aromatic heterocycles. The molecule has 21 heavy (non-hydrogen) atoms. The second-order valence-electron chi connectivity index (χ2n) is 6.77. The van der Waals surface area contributed by atoms with E-state index in [1.54, 1.807) is 10.9 Å². The van der Waals surface area contributed by atoms with Crippen LogP contribution in [0.5, 0.6) is 0 Å². The fourth-order valence-corrected chi connectivity index (χ4v) is 3.96. The van der Waals surface area contributed by atoms with Gasteiger partial charge < -0.3 is 10.2 Å². The summed E-state index contributed by atoms with van der Waals surface area (Å²) < 4.78 is 1.71. The normalized spacial score (nSPS) is 22.0. The highest BCUT2D eigenvalue weighted by atomic mass is 16.2. The number of rotatable bonds is 1. The van der Waals surface area contributed by atoms with Gasteiger partial charge in [-0.1, -0.05) is 25.7 Å². The van der Waals surface area contributed by atoms with Crippen molar-refractivity contribution in [2.24, 2.45) is 12.5 Å². The maximum atomic E-state index is 12.5. The molecule has 116 valence electrons. The zero-order chi connectivity index (χ0) is 14.7. The molecule has 1 aliphatic carbocycles. The average molecular weight is 290 g/mol. The van der Waals surface area contributed by atoms with Crippen LogP contribution in [0, 0.1) is 5.41 Å². The number of aromatic nitrogens is 2. The zero-order valence-corrected chi connectivity index (χ0v) is 13.0. The lowest BCUT2D eigenvalue weighted by Crippen LogP contribution is -2.47. The summed E-state index contributed by atoms with van der Waals surface area (Å²) in [4.78, 5) is 14.5. The van der Waals surface area contributed by atoms with Crippen molar-refractivity contribution in [2.75, 3.05) is 18.4 Å². The summed E-state index contributed by atoms with van der Waals surface area (Å²) in [5, 5.41) is 7.07. The number of piperidine rings is 1. The number of carbonyl (C=O) groups is 1. The van der Waals surface area contributed by atoms with E-state index in [2.05, 4.69) is 10.4 Å². The van der Waals surface area contributed by atoms with Crippen LogP contribution in [0.1, 0.15) is 51.4 Å². The molecule has 1 aromatic rings. The average Bonchev–Trinajstić information content (AvgIpc) is 2.75. The van der Waals surface area contributed by atoms with E-state index < -0.39 is 0 Å². The predicted molar refractivity (Wildman–Crippen MR) is 83.2 cm³/mol. The number of aryl methyl sites for hydroxylation is 1. The van der Waals surface area contributed by atoms with Crippen molar-refractivity contribution < 1.29 is 4.79 Å². The van der Waals surface area contributed by atoms with Gasteiger partial charge in [-0.2, -0.15) is 5.10 Å². The molecule has 5 nitrogen and oxygen atoms in total. The Morgan fingerprint density at radius 1 is 1.19 bits per heavy atom. The Labute approximate surface area is 126 Å². The van der Waals surface area contributed by atoms with Gasteiger partial charge in [-0.05, 0) is 31.1 Å². The number of likely N-dealkylation sites (tertiary alicyclic amines) is 1. The Hall–Kier alpha value is -1.52. The minimum atomic E-state index is 0.0336. The van der Waals surface area contributed by atoms with Gasteiger partial charge in [0, 0.05) is 26.3 Å². The molecule has 2 amide bonds. The van der Waals surface area contributed by atoms with Crippen LogP contribution in [0.3, 0.4) is 0 Å². The number of nitrogens with one attached hydrogen (secondary N) is 1. The van der Waals surface area contributed by atoms with Gasteiger partial charge in [-0.3, -0.25) is 4.68 Å². The summed E-state index contributed by atoms with van der Waals surface area (Å²) in [5.74, 6) is 0. The van der Waals surface area contributed by atoms with Gasteiger partial charge in [-0.15, -0.1) is 0 Å². The first-order chi connectivity index (χ1) is 10.2. The minimum Gasteiger partial charge on any atom is -0.324 e. The Bertz CT molecular complexity index is 488. The minimum absolute atomic E-state index is 0.0336. The van der Waals surface area contributed by atoms with E-state index in [9.17, 15) is 4.79 Å². The van der Waals surface area contributed by atoms with Crippen molar-refractivity contribution in [1.29, 1.82) is 0 Å². The van der Waals surface area contributed by atoms with Crippen LogP contribution in [0.4, 0.5) is 10.5 Å². The molecule has 1 saturated carbocycles. The summed E-state index contributed by atoms with van der Waals surface area (Å²) in [5.41, 5.74) is 1.17. The summed E-state index contributed by atoms with van der Waals surface area (Å²) >= 11 is 0. The lowest BCUT2D eigenvalue weighted by molar-refractivity contribution is 0.0962. The first-order valence-electron chi connectivity index (χ1n) is 8.22. The molecule has 0 aromatic carbocycles. The standard InChI is InChI=1S/C16H26N4O/c1-19-12-14(11-17-19)18-15(21)20-10-6-9-16(13-20)7-4-2-3-5-8-16/h11-12H,2-10,13H2,1H3,(H,18,21). The highest BCUT2D eigenvalue weighted by Crippen LogP contribution is 2.42. The van der Waals surface area contributed by atoms with E-state index in [4.69, 9.17) is 0 Å². The third-order valence-corrected chi connectivity index (χ3v) is 5.07. The van der Waals surface area contributed by atoms with E-state index in [-0.39, 0.29) is 6.03 Å². The Balaban J connectivity index is 1.63. The maximum absolute atomic E-state index is 12.5. The lowest BCUT2D eigenvalue weighted by atomic mass is 9.74. The van der Waals surface area contributed by atoms with Crippen LogP contribution in [0.25, 0.3) is 0 Å². The van der Waals surface area contributed by atoms with Gasteiger partial charge in [-0.25, -0.2) is 4.79 Å². The molecule has 0 unspecified atom stereocenters. The number of hydrogen-bond acceptors (Lipinski definition) is 2. The molecule has 1 saturated heterocycles. The van der Waals surface area contributed by atoms with Gasteiger partial charge in [0.2, 0.25) is 0 Å². The molecule has 2 aliphatic rings. The number of anilines is 1. The number of amides is 2. The Morgan fingerprint density at radius 2 is 1.90 bits per heavy atom. The summed E-state index contributed by atoms with van der Waals surface area (Å²) in [7, 11) is 1.86. The molecule has 1 N–H and O–H groups in total. The zero-order valence-electron chi connectivity index (χ0n) is 13.0. The van der Waals surface area contributed by atoms with Crippen molar-refractivity contribution in [2.45, 2.75) is 51.4 Å². The quantitative estimate of drug-likeness (QED) is 0.862. The topological polar surface area (TPSA) is 50.2 Å². The van der Waals surface area contributed by atoms with E-state index in [1.807, 2.05) is 18.1 Å². The number of urea groups is 1. The fraction of sp³-hybridized carbons (Fsp3) is 0.750. The van der Waals surface area contributed by atoms with Crippen LogP contribution in [0.2, 0.25) is 0 Å². The van der Waals surface area contributed by atoms with E-state index in [1.165, 1.54) is 44.9 Å². The van der Waals surface area contributed by atoms with E-state index in [0.717, 1.165) is 25.2 Å². The molecule has 2 fully saturated rings. The molecule has 0 atom stereocenters. The SMILES string of the molecule is Cn1cc(NC(=O)N2CCCC3(CCCCCC3)C2)cn1. The molecular formula is C16H26N4O. The molecule has 0 bridgehead atoms. The molecular weight excluding hydrogens is 264 g/mol. The van der Waals surface area contributed by atoms with E-state index >= 15 is 0 Å². The van der Waals surface area contributed by atoms with E-state index in [0.29, 0.717) is 5.41 Å². The van der Waals surface area contributed by atoms with Crippen molar-refractivity contribution >= 4 is 11.7 Å². The van der Waals surface area contributed by atoms with Crippen molar-refractivity contribution in [3.05, 3.63) is 12.4 Å². The lowest BCUT2D eigenvalue weighted by Gasteiger charge is -2.42. The van der Waals surface area contributed by atoms with Crippen LogP contribution in [0.15, 0.2) is 12.4 Å². The number of carbonyl (C=O) groups excluding carboxylic acids is 1. The van der Waals surface area contributed by atoms with Gasteiger partial charge >= 0.3 is 6.03 Å². The first-order valence-corrected chi connectivity index (χ1v) is 8.22. The molecule has 2 heterocycles. The van der Waals surface area contributed by atoms with Gasteiger partial charge in [0.05, 0.1) is 11.9 Å². The predicted octanol–water partition coefficient (Wildman–Crippen LogP) is 3.39. The summed E-state index contributed by atoms with van der Waals surface area (Å²) in [6.07, 6.45) is 14.0. The number of hydrogen-bond donors (Lipinski definition) is 1. The summed E-state index contributed by atoms with van der Waals surface area (Å²) in [6, 6.07) is 0.0336. The van der Waals surface area contributed by atoms with Gasteiger partial charge in [0.15, 0.2) is 0 Å². The van der Waals surface area contributed by atoms with Crippen LogP contribution >= 0.6 is 0 Å². The van der Waals surface area contributed by atoms with Crippen LogP contribution in [-0.4, -0.2) is 33.8 Å². The Morgan fingerprint density at radius 3 is 2.57 bits per heavy atom. The third kappa shape index (κ3) is 3.39. The van der Waals surface area contributed by atoms with Crippen molar-refractivity contribution in [1.82, 2.24) is 14.7 Å². The third-order valence-electron chi connectivity index (χ3n) is 5.07. The fourth-order valence-electron chi connectivity index (χ4n) is 3.96. The second-order valence-corrected chi connectivity index (χ2v) is 6.77. The number of nitrogens with zero attached hydrogens (tertiary/aromatic N) is 3. The summed E-state index contributed by atoms with van der Waals surface area (Å²) in [6.45, 7) is 1.81. The van der Waals surface area contributed by atoms with Crippen molar-refractivity contribution in [3.8, 4) is 0 Å². The highest BCUT2D eigenvalue weighted by Gasteiger charge is 2.37.